The lowest BCUT2D eigenvalue weighted by atomic mass is 10.1. The summed E-state index contributed by atoms with van der Waals surface area (Å²) >= 11 is 6.79. The number of unbranched alkanes of at least 4 members (excludes halogenated alkanes) is 1. The van der Waals surface area contributed by atoms with E-state index in [0.717, 1.165) is 30.6 Å². The topological polar surface area (TPSA) is 46.1 Å². The van der Waals surface area contributed by atoms with E-state index in [9.17, 15) is 4.79 Å². The fourth-order valence-corrected chi connectivity index (χ4v) is 2.70. The molecule has 2 rings (SSSR count). The van der Waals surface area contributed by atoms with Crippen molar-refractivity contribution in [2.45, 2.75) is 19.3 Å². The third-order valence-electron chi connectivity index (χ3n) is 2.98. The number of benzene rings is 1. The maximum Gasteiger partial charge on any atom is 0.284 e. The highest BCUT2D eigenvalue weighted by Crippen LogP contribution is 2.16. The predicted octanol–water partition coefficient (Wildman–Crippen LogP) is 3.29. The van der Waals surface area contributed by atoms with E-state index in [1.165, 1.54) is 5.56 Å². The Bertz CT molecular complexity index is 559. The van der Waals surface area contributed by atoms with E-state index in [1.54, 1.807) is 11.9 Å². The summed E-state index contributed by atoms with van der Waals surface area (Å²) in [4.78, 5) is 13.7. The van der Waals surface area contributed by atoms with E-state index in [0.29, 0.717) is 16.0 Å². The second kappa shape index (κ2) is 7.36. The van der Waals surface area contributed by atoms with Gasteiger partial charge in [-0.05, 0) is 36.4 Å². The van der Waals surface area contributed by atoms with E-state index in [-0.39, 0.29) is 5.91 Å². The van der Waals surface area contributed by atoms with E-state index in [2.05, 4.69) is 22.3 Å². The summed E-state index contributed by atoms with van der Waals surface area (Å²) < 4.78 is 0.297. The first kappa shape index (κ1) is 14.9. The van der Waals surface area contributed by atoms with Gasteiger partial charge in [0.1, 0.15) is 0 Å². The molecule has 0 spiro atoms. The number of hydrogen-bond donors (Lipinski definition) is 0. The molecule has 106 valence electrons. The molecule has 1 aromatic carbocycles. The van der Waals surface area contributed by atoms with Crippen LogP contribution < -0.4 is 0 Å². The summed E-state index contributed by atoms with van der Waals surface area (Å²) in [6, 6.07) is 10.4. The lowest BCUT2D eigenvalue weighted by Gasteiger charge is -2.15. The van der Waals surface area contributed by atoms with Gasteiger partial charge in [-0.2, -0.15) is 0 Å². The molecule has 1 aromatic heterocycles. The summed E-state index contributed by atoms with van der Waals surface area (Å²) in [6.07, 6.45) is 3.05. The quantitative estimate of drug-likeness (QED) is 0.769. The molecule has 0 atom stereocenters. The van der Waals surface area contributed by atoms with Crippen molar-refractivity contribution in [3.8, 4) is 0 Å². The smallest absolute Gasteiger partial charge is 0.284 e. The molecule has 4 nitrogen and oxygen atoms in total. The number of halogens is 1. The lowest BCUT2D eigenvalue weighted by Crippen LogP contribution is -2.27. The first-order valence-corrected chi connectivity index (χ1v) is 7.64. The molecule has 20 heavy (non-hydrogen) atoms. The number of carbonyl (C=O) groups excluding carboxylic acids is 1. The second-order valence-corrected chi connectivity index (χ2v) is 6.09. The van der Waals surface area contributed by atoms with E-state index < -0.39 is 0 Å². The Kier molecular flexibility index (Phi) is 5.49. The molecule has 1 amide bonds. The summed E-state index contributed by atoms with van der Waals surface area (Å²) in [6.45, 7) is 0.711. The van der Waals surface area contributed by atoms with E-state index in [1.807, 2.05) is 18.2 Å². The van der Waals surface area contributed by atoms with Gasteiger partial charge in [-0.25, -0.2) is 0 Å². The van der Waals surface area contributed by atoms with Gasteiger partial charge in [0.2, 0.25) is 9.47 Å². The van der Waals surface area contributed by atoms with Gasteiger partial charge in [0.05, 0.1) is 0 Å². The van der Waals surface area contributed by atoms with Crippen LogP contribution >= 0.6 is 22.9 Å². The molecule has 2 aromatic rings. The molecule has 0 aliphatic heterocycles. The van der Waals surface area contributed by atoms with Crippen LogP contribution in [0.15, 0.2) is 30.3 Å². The zero-order valence-electron chi connectivity index (χ0n) is 11.3. The highest BCUT2D eigenvalue weighted by molar-refractivity contribution is 7.17. The summed E-state index contributed by atoms with van der Waals surface area (Å²) in [5.41, 5.74) is 1.33. The summed E-state index contributed by atoms with van der Waals surface area (Å²) in [5.74, 6) is -0.117. The van der Waals surface area contributed by atoms with Crippen molar-refractivity contribution in [3.05, 3.63) is 45.4 Å². The molecular weight excluding hydrogens is 294 g/mol. The zero-order valence-corrected chi connectivity index (χ0v) is 12.8. The van der Waals surface area contributed by atoms with E-state index in [4.69, 9.17) is 11.6 Å². The molecule has 0 N–H and O–H groups in total. The van der Waals surface area contributed by atoms with Gasteiger partial charge < -0.3 is 4.90 Å². The van der Waals surface area contributed by atoms with Gasteiger partial charge in [-0.3, -0.25) is 4.79 Å². The minimum Gasteiger partial charge on any atom is -0.340 e. The molecule has 0 radical (unpaired) electrons. The van der Waals surface area contributed by atoms with E-state index >= 15 is 0 Å². The van der Waals surface area contributed by atoms with Crippen molar-refractivity contribution in [2.24, 2.45) is 0 Å². The van der Waals surface area contributed by atoms with Crippen LogP contribution in [0.5, 0.6) is 0 Å². The normalized spacial score (nSPS) is 10.5. The number of amides is 1. The maximum absolute atomic E-state index is 12.0. The van der Waals surface area contributed by atoms with Gasteiger partial charge >= 0.3 is 0 Å². The number of hydrogen-bond acceptors (Lipinski definition) is 4. The van der Waals surface area contributed by atoms with Crippen molar-refractivity contribution < 1.29 is 4.79 Å². The predicted molar refractivity (Wildman–Crippen MR) is 81.3 cm³/mol. The molecule has 0 unspecified atom stereocenters. The number of aromatic nitrogens is 2. The Hall–Kier alpha value is -1.46. The number of nitrogens with zero attached hydrogens (tertiary/aromatic N) is 3. The molecule has 0 fully saturated rings. The van der Waals surface area contributed by atoms with Crippen LogP contribution in [0.3, 0.4) is 0 Å². The SMILES string of the molecule is CN(CCCCc1ccccc1)C(=O)c1nnc(Cl)s1. The van der Waals surface area contributed by atoms with Crippen molar-refractivity contribution >= 4 is 28.8 Å². The van der Waals surface area contributed by atoms with Gasteiger partial charge in [-0.15, -0.1) is 10.2 Å². The van der Waals surface area contributed by atoms with Crippen molar-refractivity contribution in [3.63, 3.8) is 0 Å². The van der Waals surface area contributed by atoms with Gasteiger partial charge in [-0.1, -0.05) is 41.7 Å². The standard InChI is InChI=1S/C14H16ClN3OS/c1-18(13(19)12-16-17-14(15)20-12)10-6-5-9-11-7-3-2-4-8-11/h2-4,7-8H,5-6,9-10H2,1H3. The van der Waals surface area contributed by atoms with Crippen molar-refractivity contribution in [2.75, 3.05) is 13.6 Å². The summed E-state index contributed by atoms with van der Waals surface area (Å²) in [7, 11) is 1.78. The number of carbonyl (C=O) groups is 1. The van der Waals surface area contributed by atoms with Crippen LogP contribution in [-0.4, -0.2) is 34.6 Å². The monoisotopic (exact) mass is 309 g/mol. The highest BCUT2D eigenvalue weighted by Gasteiger charge is 2.16. The van der Waals surface area contributed by atoms with Crippen LogP contribution in [-0.2, 0) is 6.42 Å². The first-order valence-electron chi connectivity index (χ1n) is 6.45. The van der Waals surface area contributed by atoms with Crippen LogP contribution in [0, 0.1) is 0 Å². The third-order valence-corrected chi connectivity index (χ3v) is 3.99. The lowest BCUT2D eigenvalue weighted by molar-refractivity contribution is 0.0791. The van der Waals surface area contributed by atoms with Gasteiger partial charge in [0.25, 0.3) is 5.91 Å². The van der Waals surface area contributed by atoms with Crippen LogP contribution in [0.2, 0.25) is 4.47 Å². The molecule has 1 heterocycles. The molecule has 0 saturated heterocycles. The number of aryl methyl sites for hydroxylation is 1. The minimum atomic E-state index is -0.117. The molecule has 0 aliphatic carbocycles. The average Bonchev–Trinajstić information content (AvgIpc) is 2.90. The Morgan fingerprint density at radius 1 is 1.25 bits per heavy atom. The Morgan fingerprint density at radius 3 is 2.65 bits per heavy atom. The van der Waals surface area contributed by atoms with Crippen LogP contribution in [0.25, 0.3) is 0 Å². The van der Waals surface area contributed by atoms with Crippen molar-refractivity contribution in [1.82, 2.24) is 15.1 Å². The average molecular weight is 310 g/mol. The Labute approximate surface area is 127 Å². The number of rotatable bonds is 6. The zero-order chi connectivity index (χ0) is 14.4. The molecular formula is C14H16ClN3OS. The highest BCUT2D eigenvalue weighted by atomic mass is 35.5. The largest absolute Gasteiger partial charge is 0.340 e. The molecule has 0 bridgehead atoms. The summed E-state index contributed by atoms with van der Waals surface area (Å²) in [5, 5.41) is 7.75. The Morgan fingerprint density at radius 2 is 2.00 bits per heavy atom. The van der Waals surface area contributed by atoms with Crippen LogP contribution in [0.1, 0.15) is 28.2 Å². The maximum atomic E-state index is 12.0. The van der Waals surface area contributed by atoms with Gasteiger partial charge in [0, 0.05) is 13.6 Å². The molecule has 0 aliphatic rings. The minimum absolute atomic E-state index is 0.117. The Balaban J connectivity index is 1.72. The molecule has 0 saturated carbocycles. The fourth-order valence-electron chi connectivity index (χ4n) is 1.88. The fraction of sp³-hybridized carbons (Fsp3) is 0.357. The first-order chi connectivity index (χ1) is 9.66. The van der Waals surface area contributed by atoms with Crippen molar-refractivity contribution in [1.29, 1.82) is 0 Å². The van der Waals surface area contributed by atoms with Gasteiger partial charge in [0.15, 0.2) is 0 Å². The third kappa shape index (κ3) is 4.28. The second-order valence-electron chi connectivity index (χ2n) is 4.53. The molecule has 6 heteroatoms. The van der Waals surface area contributed by atoms with Crippen LogP contribution in [0.4, 0.5) is 0 Å².